The molecular formula is C14H27N3O. The van der Waals surface area contributed by atoms with Crippen molar-refractivity contribution in [2.45, 2.75) is 70.1 Å². The first-order valence-electron chi connectivity index (χ1n) is 7.13. The number of hydrogen-bond acceptors (Lipinski definition) is 3. The van der Waals surface area contributed by atoms with Gasteiger partial charge in [0.25, 0.3) is 0 Å². The van der Waals surface area contributed by atoms with Crippen molar-refractivity contribution in [1.82, 2.24) is 15.5 Å². The SMILES string of the molecule is CNC1CC2CCC(C1)N2CC(=O)NC(C)(C)C. The van der Waals surface area contributed by atoms with Crippen molar-refractivity contribution in [3.05, 3.63) is 0 Å². The lowest BCUT2D eigenvalue weighted by Gasteiger charge is -2.38. The molecule has 18 heavy (non-hydrogen) atoms. The van der Waals surface area contributed by atoms with Crippen molar-refractivity contribution in [1.29, 1.82) is 0 Å². The van der Waals surface area contributed by atoms with Gasteiger partial charge in [-0.2, -0.15) is 0 Å². The van der Waals surface area contributed by atoms with Crippen LogP contribution < -0.4 is 10.6 Å². The Morgan fingerprint density at radius 3 is 2.22 bits per heavy atom. The molecule has 4 nitrogen and oxygen atoms in total. The Labute approximate surface area is 110 Å². The zero-order chi connectivity index (χ0) is 13.3. The van der Waals surface area contributed by atoms with Gasteiger partial charge in [0.1, 0.15) is 0 Å². The molecule has 4 heteroatoms. The summed E-state index contributed by atoms with van der Waals surface area (Å²) in [4.78, 5) is 14.5. The molecule has 0 radical (unpaired) electrons. The third-order valence-electron chi connectivity index (χ3n) is 4.13. The average molecular weight is 253 g/mol. The molecule has 0 aliphatic carbocycles. The molecule has 2 aliphatic rings. The van der Waals surface area contributed by atoms with Crippen LogP contribution >= 0.6 is 0 Å². The molecule has 2 heterocycles. The summed E-state index contributed by atoms with van der Waals surface area (Å²) >= 11 is 0. The zero-order valence-corrected chi connectivity index (χ0v) is 12.1. The number of hydrogen-bond donors (Lipinski definition) is 2. The first kappa shape index (κ1) is 13.8. The summed E-state index contributed by atoms with van der Waals surface area (Å²) in [5.74, 6) is 0.169. The predicted molar refractivity (Wildman–Crippen MR) is 73.5 cm³/mol. The summed E-state index contributed by atoms with van der Waals surface area (Å²) in [6.45, 7) is 6.68. The molecule has 0 aromatic heterocycles. The molecule has 2 atom stereocenters. The van der Waals surface area contributed by atoms with E-state index in [4.69, 9.17) is 0 Å². The average Bonchev–Trinajstić information content (AvgIpc) is 2.49. The fourth-order valence-corrected chi connectivity index (χ4v) is 3.39. The molecule has 0 spiro atoms. The van der Waals surface area contributed by atoms with Gasteiger partial charge in [-0.3, -0.25) is 9.69 Å². The van der Waals surface area contributed by atoms with Crippen LogP contribution in [0.15, 0.2) is 0 Å². The van der Waals surface area contributed by atoms with Crippen LogP contribution in [0.25, 0.3) is 0 Å². The molecule has 2 rings (SSSR count). The topological polar surface area (TPSA) is 44.4 Å². The van der Waals surface area contributed by atoms with E-state index < -0.39 is 0 Å². The molecule has 0 aromatic rings. The van der Waals surface area contributed by atoms with Gasteiger partial charge in [-0.15, -0.1) is 0 Å². The van der Waals surface area contributed by atoms with Crippen LogP contribution in [0, 0.1) is 0 Å². The summed E-state index contributed by atoms with van der Waals surface area (Å²) in [5, 5.41) is 6.45. The van der Waals surface area contributed by atoms with Crippen LogP contribution in [0.1, 0.15) is 46.5 Å². The number of rotatable bonds is 3. The van der Waals surface area contributed by atoms with E-state index in [2.05, 4.69) is 15.5 Å². The quantitative estimate of drug-likeness (QED) is 0.792. The van der Waals surface area contributed by atoms with Crippen LogP contribution in [0.2, 0.25) is 0 Å². The second kappa shape index (κ2) is 5.17. The van der Waals surface area contributed by atoms with E-state index in [1.807, 2.05) is 27.8 Å². The molecular weight excluding hydrogens is 226 g/mol. The molecule has 1 amide bonds. The van der Waals surface area contributed by atoms with Crippen molar-refractivity contribution >= 4 is 5.91 Å². The zero-order valence-electron chi connectivity index (χ0n) is 12.1. The van der Waals surface area contributed by atoms with Crippen molar-refractivity contribution in [2.75, 3.05) is 13.6 Å². The number of carbonyl (C=O) groups excluding carboxylic acids is 1. The number of nitrogens with zero attached hydrogens (tertiary/aromatic N) is 1. The minimum absolute atomic E-state index is 0.126. The van der Waals surface area contributed by atoms with Gasteiger partial charge >= 0.3 is 0 Å². The number of piperidine rings is 1. The van der Waals surface area contributed by atoms with Gasteiger partial charge in [0, 0.05) is 23.7 Å². The van der Waals surface area contributed by atoms with Crippen LogP contribution in [0.5, 0.6) is 0 Å². The maximum Gasteiger partial charge on any atom is 0.234 e. The minimum atomic E-state index is -0.126. The van der Waals surface area contributed by atoms with Crippen molar-refractivity contribution in [2.24, 2.45) is 0 Å². The number of amides is 1. The monoisotopic (exact) mass is 253 g/mol. The second-order valence-corrected chi connectivity index (χ2v) is 6.81. The lowest BCUT2D eigenvalue weighted by molar-refractivity contribution is -0.124. The maximum absolute atomic E-state index is 12.0. The highest BCUT2D eigenvalue weighted by Gasteiger charge is 2.40. The van der Waals surface area contributed by atoms with Gasteiger partial charge in [0.2, 0.25) is 5.91 Å². The summed E-state index contributed by atoms with van der Waals surface area (Å²) in [5.41, 5.74) is -0.126. The van der Waals surface area contributed by atoms with E-state index in [1.165, 1.54) is 25.7 Å². The predicted octanol–water partition coefficient (Wildman–Crippen LogP) is 1.12. The molecule has 2 fully saturated rings. The van der Waals surface area contributed by atoms with E-state index >= 15 is 0 Å². The Morgan fingerprint density at radius 2 is 1.78 bits per heavy atom. The van der Waals surface area contributed by atoms with E-state index in [9.17, 15) is 4.79 Å². The molecule has 2 saturated heterocycles. The lowest BCUT2D eigenvalue weighted by Crippen LogP contribution is -2.53. The largest absolute Gasteiger partial charge is 0.350 e. The van der Waals surface area contributed by atoms with Gasteiger partial charge in [-0.1, -0.05) is 0 Å². The van der Waals surface area contributed by atoms with Crippen molar-refractivity contribution in [3.8, 4) is 0 Å². The van der Waals surface area contributed by atoms with Gasteiger partial charge in [-0.25, -0.2) is 0 Å². The van der Waals surface area contributed by atoms with E-state index in [0.717, 1.165) is 0 Å². The normalized spacial score (nSPS) is 32.6. The number of carbonyl (C=O) groups is 1. The van der Waals surface area contributed by atoms with Crippen LogP contribution in [0.4, 0.5) is 0 Å². The summed E-state index contributed by atoms with van der Waals surface area (Å²) < 4.78 is 0. The van der Waals surface area contributed by atoms with Gasteiger partial charge in [-0.05, 0) is 53.5 Å². The van der Waals surface area contributed by atoms with Gasteiger partial charge in [0.15, 0.2) is 0 Å². The van der Waals surface area contributed by atoms with Crippen LogP contribution in [-0.2, 0) is 4.79 Å². The van der Waals surface area contributed by atoms with Crippen LogP contribution in [0.3, 0.4) is 0 Å². The fraction of sp³-hybridized carbons (Fsp3) is 0.929. The highest BCUT2D eigenvalue weighted by atomic mass is 16.2. The third kappa shape index (κ3) is 3.23. The summed E-state index contributed by atoms with van der Waals surface area (Å²) in [6, 6.07) is 1.85. The first-order valence-corrected chi connectivity index (χ1v) is 7.13. The molecule has 104 valence electrons. The first-order chi connectivity index (χ1) is 8.39. The highest BCUT2D eigenvalue weighted by molar-refractivity contribution is 5.78. The standard InChI is InChI=1S/C14H27N3O/c1-14(2,3)16-13(18)9-17-11-5-6-12(17)8-10(7-11)15-4/h10-12,15H,5-9H2,1-4H3,(H,16,18). The smallest absolute Gasteiger partial charge is 0.234 e. The van der Waals surface area contributed by atoms with Gasteiger partial charge in [0.05, 0.1) is 6.54 Å². The number of fused-ring (bicyclic) bond motifs is 2. The van der Waals surface area contributed by atoms with Crippen molar-refractivity contribution in [3.63, 3.8) is 0 Å². The Kier molecular flexibility index (Phi) is 3.97. The molecule has 2 aliphatic heterocycles. The van der Waals surface area contributed by atoms with E-state index in [-0.39, 0.29) is 11.4 Å². The van der Waals surface area contributed by atoms with Crippen molar-refractivity contribution < 1.29 is 4.79 Å². The Morgan fingerprint density at radius 1 is 1.22 bits per heavy atom. The Bertz CT molecular complexity index is 297. The molecule has 2 unspecified atom stereocenters. The third-order valence-corrected chi connectivity index (χ3v) is 4.13. The fourth-order valence-electron chi connectivity index (χ4n) is 3.39. The van der Waals surface area contributed by atoms with E-state index in [0.29, 0.717) is 24.7 Å². The highest BCUT2D eigenvalue weighted by Crippen LogP contribution is 2.35. The minimum Gasteiger partial charge on any atom is -0.350 e. The molecule has 2 N–H and O–H groups in total. The molecule has 2 bridgehead atoms. The lowest BCUT2D eigenvalue weighted by atomic mass is 9.97. The summed E-state index contributed by atoms with van der Waals surface area (Å²) in [6.07, 6.45) is 4.89. The Hall–Kier alpha value is -0.610. The second-order valence-electron chi connectivity index (χ2n) is 6.81. The molecule has 0 saturated carbocycles. The summed E-state index contributed by atoms with van der Waals surface area (Å²) in [7, 11) is 2.05. The molecule has 0 aromatic carbocycles. The maximum atomic E-state index is 12.0. The van der Waals surface area contributed by atoms with Gasteiger partial charge < -0.3 is 10.6 Å². The van der Waals surface area contributed by atoms with Crippen LogP contribution in [-0.4, -0.2) is 48.1 Å². The Balaban J connectivity index is 1.90. The van der Waals surface area contributed by atoms with E-state index in [1.54, 1.807) is 0 Å². The number of nitrogens with one attached hydrogen (secondary N) is 2.